The van der Waals surface area contributed by atoms with Gasteiger partial charge in [0.15, 0.2) is 0 Å². The number of hydrogen-bond donors (Lipinski definition) is 2. The number of benzene rings is 1. The maximum absolute atomic E-state index is 12.8. The third-order valence-electron chi connectivity index (χ3n) is 4.72. The zero-order valence-electron chi connectivity index (χ0n) is 14.5. The normalized spacial score (nSPS) is 20.8. The number of amides is 2. The van der Waals surface area contributed by atoms with Crippen LogP contribution < -0.4 is 10.6 Å². The number of likely N-dealkylation sites (N-methyl/N-ethyl adjacent to an activating group) is 1. The van der Waals surface area contributed by atoms with Gasteiger partial charge >= 0.3 is 6.18 Å². The molecular formula is C17H21ClF3N3O2. The summed E-state index contributed by atoms with van der Waals surface area (Å²) < 4.78 is 38.4. The molecular weight excluding hydrogens is 371 g/mol. The summed E-state index contributed by atoms with van der Waals surface area (Å²) in [5.74, 6) is -0.702. The zero-order valence-corrected chi connectivity index (χ0v) is 15.2. The van der Waals surface area contributed by atoms with Gasteiger partial charge in [0.25, 0.3) is 5.91 Å². The second kappa shape index (κ2) is 8.26. The second-order valence-corrected chi connectivity index (χ2v) is 6.74. The van der Waals surface area contributed by atoms with Crippen molar-refractivity contribution in [3.05, 3.63) is 34.3 Å². The summed E-state index contributed by atoms with van der Waals surface area (Å²) in [6, 6.07) is 2.75. The van der Waals surface area contributed by atoms with E-state index in [1.807, 2.05) is 11.9 Å². The summed E-state index contributed by atoms with van der Waals surface area (Å²) >= 11 is 5.88. The van der Waals surface area contributed by atoms with Crippen LogP contribution in [0.1, 0.15) is 35.2 Å². The largest absolute Gasteiger partial charge is 0.416 e. The van der Waals surface area contributed by atoms with Crippen molar-refractivity contribution in [2.24, 2.45) is 0 Å². The first-order valence-corrected chi connectivity index (χ1v) is 8.58. The van der Waals surface area contributed by atoms with Crippen molar-refractivity contribution >= 4 is 23.4 Å². The molecule has 0 bridgehead atoms. The molecule has 2 N–H and O–H groups in total. The van der Waals surface area contributed by atoms with Crippen molar-refractivity contribution in [1.82, 2.24) is 15.5 Å². The van der Waals surface area contributed by atoms with Crippen molar-refractivity contribution in [1.29, 1.82) is 0 Å². The molecule has 144 valence electrons. The number of carbonyl (C=O) groups excluding carboxylic acids is 2. The average Bonchev–Trinajstić information content (AvgIpc) is 2.92. The first kappa shape index (κ1) is 20.5. The van der Waals surface area contributed by atoms with E-state index >= 15 is 0 Å². The highest BCUT2D eigenvalue weighted by Crippen LogP contribution is 2.32. The zero-order chi connectivity index (χ0) is 19.5. The lowest BCUT2D eigenvalue weighted by molar-refractivity contribution is -0.137. The Hall–Kier alpha value is -1.80. The van der Waals surface area contributed by atoms with Gasteiger partial charge in [-0.05, 0) is 38.1 Å². The van der Waals surface area contributed by atoms with Crippen molar-refractivity contribution < 1.29 is 22.8 Å². The summed E-state index contributed by atoms with van der Waals surface area (Å²) in [6.45, 7) is 0.270. The third-order valence-corrected chi connectivity index (χ3v) is 5.05. The number of alkyl halides is 3. The molecule has 0 spiro atoms. The Morgan fingerprint density at radius 1 is 1.27 bits per heavy atom. The van der Waals surface area contributed by atoms with Crippen LogP contribution in [-0.2, 0) is 11.0 Å². The fourth-order valence-corrected chi connectivity index (χ4v) is 3.28. The van der Waals surface area contributed by atoms with Gasteiger partial charge < -0.3 is 10.6 Å². The number of nitrogens with one attached hydrogen (secondary N) is 2. The molecule has 1 aliphatic heterocycles. The third kappa shape index (κ3) is 4.88. The van der Waals surface area contributed by atoms with E-state index in [4.69, 9.17) is 11.6 Å². The van der Waals surface area contributed by atoms with Crippen molar-refractivity contribution in [2.75, 3.05) is 20.6 Å². The molecule has 1 fully saturated rings. The van der Waals surface area contributed by atoms with Crippen LogP contribution in [0.4, 0.5) is 13.2 Å². The van der Waals surface area contributed by atoms with Crippen LogP contribution in [0.15, 0.2) is 18.2 Å². The van der Waals surface area contributed by atoms with E-state index in [2.05, 4.69) is 10.6 Å². The summed E-state index contributed by atoms with van der Waals surface area (Å²) in [7, 11) is 3.45. The molecule has 1 aromatic rings. The van der Waals surface area contributed by atoms with E-state index in [-0.39, 0.29) is 35.1 Å². The van der Waals surface area contributed by atoms with Gasteiger partial charge in [0.1, 0.15) is 0 Å². The first-order valence-electron chi connectivity index (χ1n) is 8.21. The summed E-state index contributed by atoms with van der Waals surface area (Å²) in [5, 5.41) is 5.19. The van der Waals surface area contributed by atoms with E-state index < -0.39 is 17.6 Å². The highest BCUT2D eigenvalue weighted by Gasteiger charge is 2.33. The average molecular weight is 392 g/mol. The van der Waals surface area contributed by atoms with Crippen LogP contribution in [0.2, 0.25) is 5.02 Å². The SMILES string of the molecule is CNC(=O)C[C@H]1CC[C@@H](CNC(=O)c2cc(C(F)(F)F)ccc2Cl)N1C. The summed E-state index contributed by atoms with van der Waals surface area (Å²) in [5.41, 5.74) is -1.13. The quantitative estimate of drug-likeness (QED) is 0.811. The molecule has 0 aromatic heterocycles. The predicted molar refractivity (Wildman–Crippen MR) is 92.0 cm³/mol. The molecule has 1 heterocycles. The Labute approximate surface area is 154 Å². The topological polar surface area (TPSA) is 61.4 Å². The van der Waals surface area contributed by atoms with Gasteiger partial charge in [-0.2, -0.15) is 13.2 Å². The number of hydrogen-bond acceptors (Lipinski definition) is 3. The van der Waals surface area contributed by atoms with Crippen molar-refractivity contribution in [3.8, 4) is 0 Å². The molecule has 0 unspecified atom stereocenters. The maximum Gasteiger partial charge on any atom is 0.416 e. The number of halogens is 4. The van der Waals surface area contributed by atoms with Crippen LogP contribution in [0, 0.1) is 0 Å². The van der Waals surface area contributed by atoms with E-state index in [9.17, 15) is 22.8 Å². The van der Waals surface area contributed by atoms with Gasteiger partial charge in [0, 0.05) is 32.1 Å². The van der Waals surface area contributed by atoms with Gasteiger partial charge in [-0.1, -0.05) is 11.6 Å². The smallest absolute Gasteiger partial charge is 0.359 e. The van der Waals surface area contributed by atoms with Crippen LogP contribution in [0.5, 0.6) is 0 Å². The van der Waals surface area contributed by atoms with Gasteiger partial charge in [-0.25, -0.2) is 0 Å². The monoisotopic (exact) mass is 391 g/mol. The number of likely N-dealkylation sites (tertiary alicyclic amines) is 1. The predicted octanol–water partition coefficient (Wildman–Crippen LogP) is 2.69. The lowest BCUT2D eigenvalue weighted by Gasteiger charge is -2.25. The van der Waals surface area contributed by atoms with E-state index in [1.165, 1.54) is 0 Å². The van der Waals surface area contributed by atoms with Gasteiger partial charge in [-0.15, -0.1) is 0 Å². The minimum absolute atomic E-state index is 0.0122. The molecule has 0 radical (unpaired) electrons. The maximum atomic E-state index is 12.8. The molecule has 1 aliphatic rings. The van der Waals surface area contributed by atoms with Crippen molar-refractivity contribution in [3.63, 3.8) is 0 Å². The Morgan fingerprint density at radius 2 is 1.92 bits per heavy atom. The Bertz CT molecular complexity index is 682. The van der Waals surface area contributed by atoms with Gasteiger partial charge in [0.2, 0.25) is 5.91 Å². The molecule has 0 saturated carbocycles. The standard InChI is InChI=1S/C17H21ClF3N3O2/c1-22-15(25)8-11-4-5-12(24(11)2)9-23-16(26)13-7-10(17(19,20)21)3-6-14(13)18/h3,6-7,11-12H,4-5,8-9H2,1-2H3,(H,22,25)(H,23,26)/t11-,12+/m1/s1. The minimum atomic E-state index is -4.54. The Balaban J connectivity index is 1.98. The van der Waals surface area contributed by atoms with Gasteiger partial charge in [0.05, 0.1) is 16.1 Å². The molecule has 2 rings (SSSR count). The number of nitrogens with zero attached hydrogens (tertiary/aromatic N) is 1. The van der Waals surface area contributed by atoms with E-state index in [0.29, 0.717) is 6.42 Å². The summed E-state index contributed by atoms with van der Waals surface area (Å²) in [4.78, 5) is 25.8. The van der Waals surface area contributed by atoms with Crippen LogP contribution in [-0.4, -0.2) is 49.4 Å². The Kier molecular flexibility index (Phi) is 6.52. The highest BCUT2D eigenvalue weighted by atomic mass is 35.5. The molecule has 9 heteroatoms. The molecule has 5 nitrogen and oxygen atoms in total. The molecule has 1 aromatic carbocycles. The van der Waals surface area contributed by atoms with Crippen molar-refractivity contribution in [2.45, 2.75) is 37.5 Å². The molecule has 2 atom stereocenters. The fraction of sp³-hybridized carbons (Fsp3) is 0.529. The molecule has 0 aliphatic carbocycles. The number of carbonyl (C=O) groups is 2. The van der Waals surface area contributed by atoms with Crippen LogP contribution in [0.25, 0.3) is 0 Å². The van der Waals surface area contributed by atoms with Crippen LogP contribution in [0.3, 0.4) is 0 Å². The lowest BCUT2D eigenvalue weighted by atomic mass is 10.1. The van der Waals surface area contributed by atoms with E-state index in [1.54, 1.807) is 7.05 Å². The Morgan fingerprint density at radius 3 is 2.54 bits per heavy atom. The van der Waals surface area contributed by atoms with Crippen LogP contribution >= 0.6 is 11.6 Å². The molecule has 1 saturated heterocycles. The molecule has 26 heavy (non-hydrogen) atoms. The van der Waals surface area contributed by atoms with E-state index in [0.717, 1.165) is 31.0 Å². The first-order chi connectivity index (χ1) is 12.1. The molecule has 2 amide bonds. The second-order valence-electron chi connectivity index (χ2n) is 6.33. The highest BCUT2D eigenvalue weighted by molar-refractivity contribution is 6.33. The fourth-order valence-electron chi connectivity index (χ4n) is 3.08. The lowest BCUT2D eigenvalue weighted by Crippen LogP contribution is -2.42. The minimum Gasteiger partial charge on any atom is -0.359 e. The van der Waals surface area contributed by atoms with Gasteiger partial charge in [-0.3, -0.25) is 14.5 Å². The number of rotatable bonds is 5. The summed E-state index contributed by atoms with van der Waals surface area (Å²) in [6.07, 6.45) is -2.57.